The van der Waals surface area contributed by atoms with Crippen LogP contribution in [0, 0.1) is 6.92 Å². The van der Waals surface area contributed by atoms with Crippen LogP contribution in [-0.4, -0.2) is 47.5 Å². The van der Waals surface area contributed by atoms with Crippen molar-refractivity contribution in [2.75, 3.05) is 36.6 Å². The molecule has 1 aliphatic rings. The minimum absolute atomic E-state index is 0.457. The molecule has 0 radical (unpaired) electrons. The van der Waals surface area contributed by atoms with Gasteiger partial charge in [-0.3, -0.25) is 0 Å². The van der Waals surface area contributed by atoms with Gasteiger partial charge in [-0.15, -0.1) is 11.3 Å². The molecule has 4 aromatic rings. The summed E-state index contributed by atoms with van der Waals surface area (Å²) in [7, 11) is 0. The number of oxazole rings is 1. The van der Waals surface area contributed by atoms with E-state index in [0.29, 0.717) is 19.2 Å². The second-order valence-corrected chi connectivity index (χ2v) is 7.98. The Labute approximate surface area is 177 Å². The van der Waals surface area contributed by atoms with Crippen molar-refractivity contribution < 1.29 is 9.15 Å². The van der Waals surface area contributed by atoms with Crippen LogP contribution in [0.1, 0.15) is 11.1 Å². The molecular formula is C21H20N6O2S. The number of benzene rings is 1. The van der Waals surface area contributed by atoms with E-state index in [4.69, 9.17) is 14.1 Å². The molecule has 0 saturated carbocycles. The Morgan fingerprint density at radius 1 is 1.20 bits per heavy atom. The molecule has 8 nitrogen and oxygen atoms in total. The normalized spacial score (nSPS) is 14.6. The van der Waals surface area contributed by atoms with E-state index in [1.807, 2.05) is 12.1 Å². The predicted molar refractivity (Wildman–Crippen MR) is 118 cm³/mol. The predicted octanol–water partition coefficient (Wildman–Crippen LogP) is 3.94. The van der Waals surface area contributed by atoms with Gasteiger partial charge in [-0.1, -0.05) is 29.8 Å². The maximum Gasteiger partial charge on any atom is 0.246 e. The highest BCUT2D eigenvalue weighted by Crippen LogP contribution is 2.37. The first kappa shape index (κ1) is 18.7. The SMILES string of the molecule is Cc1cccc(/C=N/Nc2nc(N3CCOCC3)c3cc(-c4cnco4)sc3n2)c1. The number of hydrogen-bond donors (Lipinski definition) is 1. The monoisotopic (exact) mass is 420 g/mol. The number of ether oxygens (including phenoxy) is 1. The highest BCUT2D eigenvalue weighted by atomic mass is 32.1. The topological polar surface area (TPSA) is 88.7 Å². The lowest BCUT2D eigenvalue weighted by Gasteiger charge is -2.28. The third kappa shape index (κ3) is 3.89. The van der Waals surface area contributed by atoms with E-state index >= 15 is 0 Å². The Morgan fingerprint density at radius 2 is 2.10 bits per heavy atom. The Bertz CT molecular complexity index is 1180. The molecule has 3 aromatic heterocycles. The first-order valence-electron chi connectivity index (χ1n) is 9.65. The lowest BCUT2D eigenvalue weighted by Crippen LogP contribution is -2.37. The van der Waals surface area contributed by atoms with Crippen molar-refractivity contribution in [3.63, 3.8) is 0 Å². The van der Waals surface area contributed by atoms with Crippen LogP contribution >= 0.6 is 11.3 Å². The number of aromatic nitrogens is 3. The smallest absolute Gasteiger partial charge is 0.246 e. The zero-order chi connectivity index (χ0) is 20.3. The maximum atomic E-state index is 5.51. The molecule has 0 bridgehead atoms. The summed E-state index contributed by atoms with van der Waals surface area (Å²) >= 11 is 1.54. The van der Waals surface area contributed by atoms with Crippen molar-refractivity contribution >= 4 is 39.5 Å². The van der Waals surface area contributed by atoms with E-state index in [0.717, 1.165) is 45.3 Å². The number of hydrogen-bond acceptors (Lipinski definition) is 9. The van der Waals surface area contributed by atoms with E-state index < -0.39 is 0 Å². The van der Waals surface area contributed by atoms with Crippen LogP contribution in [0.2, 0.25) is 0 Å². The third-order valence-electron chi connectivity index (χ3n) is 4.78. The highest BCUT2D eigenvalue weighted by molar-refractivity contribution is 7.21. The summed E-state index contributed by atoms with van der Waals surface area (Å²) in [6, 6.07) is 10.2. The summed E-state index contributed by atoms with van der Waals surface area (Å²) < 4.78 is 11.0. The largest absolute Gasteiger partial charge is 0.443 e. The van der Waals surface area contributed by atoms with Gasteiger partial charge >= 0.3 is 0 Å². The summed E-state index contributed by atoms with van der Waals surface area (Å²) in [5.74, 6) is 2.05. The summed E-state index contributed by atoms with van der Waals surface area (Å²) in [5.41, 5.74) is 5.19. The van der Waals surface area contributed by atoms with Crippen LogP contribution < -0.4 is 10.3 Å². The van der Waals surface area contributed by atoms with E-state index in [2.05, 4.69) is 50.5 Å². The molecule has 5 rings (SSSR count). The van der Waals surface area contributed by atoms with Crippen molar-refractivity contribution in [3.8, 4) is 10.6 Å². The van der Waals surface area contributed by atoms with Crippen LogP contribution in [0.15, 0.2) is 52.4 Å². The fraction of sp³-hybridized carbons (Fsp3) is 0.238. The van der Waals surface area contributed by atoms with E-state index in [1.165, 1.54) is 12.0 Å². The van der Waals surface area contributed by atoms with E-state index in [9.17, 15) is 0 Å². The lowest BCUT2D eigenvalue weighted by atomic mass is 10.2. The summed E-state index contributed by atoms with van der Waals surface area (Å²) in [4.78, 5) is 17.5. The number of thiophene rings is 1. The Hall–Kier alpha value is -3.30. The molecule has 0 aliphatic carbocycles. The molecule has 0 unspecified atom stereocenters. The van der Waals surface area contributed by atoms with E-state index in [-0.39, 0.29) is 0 Å². The summed E-state index contributed by atoms with van der Waals surface area (Å²) in [6.45, 7) is 4.98. The molecule has 1 aliphatic heterocycles. The van der Waals surface area contributed by atoms with Gasteiger partial charge in [0.25, 0.3) is 0 Å². The number of aryl methyl sites for hydroxylation is 1. The van der Waals surface area contributed by atoms with Crippen molar-refractivity contribution in [2.24, 2.45) is 5.10 Å². The molecule has 30 heavy (non-hydrogen) atoms. The van der Waals surface area contributed by atoms with Crippen molar-refractivity contribution in [1.29, 1.82) is 0 Å². The van der Waals surface area contributed by atoms with Gasteiger partial charge in [0.15, 0.2) is 12.2 Å². The van der Waals surface area contributed by atoms with Crippen LogP contribution in [0.3, 0.4) is 0 Å². The molecule has 0 spiro atoms. The first-order valence-corrected chi connectivity index (χ1v) is 10.5. The van der Waals surface area contributed by atoms with Gasteiger partial charge in [0.05, 0.1) is 35.9 Å². The maximum absolute atomic E-state index is 5.51. The fourth-order valence-corrected chi connectivity index (χ4v) is 4.33. The average molecular weight is 420 g/mol. The molecule has 1 fully saturated rings. The van der Waals surface area contributed by atoms with Gasteiger partial charge in [-0.2, -0.15) is 10.1 Å². The molecule has 1 aromatic carbocycles. The first-order chi connectivity index (χ1) is 14.8. The Kier molecular flexibility index (Phi) is 5.12. The van der Waals surface area contributed by atoms with Crippen molar-refractivity contribution in [1.82, 2.24) is 15.0 Å². The van der Waals surface area contributed by atoms with Crippen LogP contribution in [0.25, 0.3) is 20.9 Å². The third-order valence-corrected chi connectivity index (χ3v) is 5.82. The fourth-order valence-electron chi connectivity index (χ4n) is 3.35. The second-order valence-electron chi connectivity index (χ2n) is 6.95. The lowest BCUT2D eigenvalue weighted by molar-refractivity contribution is 0.122. The van der Waals surface area contributed by atoms with Crippen LogP contribution in [-0.2, 0) is 4.74 Å². The van der Waals surface area contributed by atoms with Crippen molar-refractivity contribution in [3.05, 3.63) is 54.0 Å². The Balaban J connectivity index is 1.50. The van der Waals surface area contributed by atoms with Gasteiger partial charge in [-0.25, -0.2) is 15.4 Å². The number of anilines is 2. The standard InChI is InChI=1S/C21H20N6O2S/c1-14-3-2-4-15(9-14)11-23-26-21-24-19(27-5-7-28-8-6-27)16-10-18(30-20(16)25-21)17-12-22-13-29-17/h2-4,9-13H,5-8H2,1H3,(H,24,25,26)/b23-11+. The quantitative estimate of drug-likeness (QED) is 0.386. The minimum atomic E-state index is 0.457. The van der Waals surface area contributed by atoms with Gasteiger partial charge in [0.1, 0.15) is 10.6 Å². The summed E-state index contributed by atoms with van der Waals surface area (Å²) in [6.07, 6.45) is 4.91. The van der Waals surface area contributed by atoms with Gasteiger partial charge in [-0.05, 0) is 18.6 Å². The second kappa shape index (κ2) is 8.21. The molecule has 1 N–H and O–H groups in total. The molecular weight excluding hydrogens is 400 g/mol. The van der Waals surface area contributed by atoms with Gasteiger partial charge < -0.3 is 14.1 Å². The zero-order valence-electron chi connectivity index (χ0n) is 16.4. The van der Waals surface area contributed by atoms with Crippen LogP contribution in [0.4, 0.5) is 11.8 Å². The van der Waals surface area contributed by atoms with Gasteiger partial charge in [0, 0.05) is 13.1 Å². The number of morpholine rings is 1. The molecule has 0 atom stereocenters. The van der Waals surface area contributed by atoms with Crippen LogP contribution in [0.5, 0.6) is 0 Å². The molecule has 1 saturated heterocycles. The Morgan fingerprint density at radius 3 is 2.90 bits per heavy atom. The van der Waals surface area contributed by atoms with Crippen molar-refractivity contribution in [2.45, 2.75) is 6.92 Å². The molecule has 4 heterocycles. The zero-order valence-corrected chi connectivity index (χ0v) is 17.2. The number of nitrogens with one attached hydrogen (secondary N) is 1. The number of nitrogens with zero attached hydrogens (tertiary/aromatic N) is 5. The average Bonchev–Trinajstić information content (AvgIpc) is 3.44. The molecule has 0 amide bonds. The number of rotatable bonds is 5. The molecule has 9 heteroatoms. The highest BCUT2D eigenvalue weighted by Gasteiger charge is 2.20. The summed E-state index contributed by atoms with van der Waals surface area (Å²) in [5, 5.41) is 5.32. The van der Waals surface area contributed by atoms with Gasteiger partial charge in [0.2, 0.25) is 5.95 Å². The van der Waals surface area contributed by atoms with E-state index in [1.54, 1.807) is 23.7 Å². The molecule has 152 valence electrons. The minimum Gasteiger partial charge on any atom is -0.443 e. The number of hydrazone groups is 1. The number of fused-ring (bicyclic) bond motifs is 1.